The number of aromatic hydroxyl groups is 1. The Balaban J connectivity index is 2.41. The van der Waals surface area contributed by atoms with Crippen LogP contribution in [0.1, 0.15) is 23.2 Å². The molecule has 0 fully saturated rings. The van der Waals surface area contributed by atoms with E-state index >= 15 is 0 Å². The number of hydrogen-bond donors (Lipinski definition) is 2. The van der Waals surface area contributed by atoms with Crippen molar-refractivity contribution < 1.29 is 9.84 Å². The molecule has 0 saturated heterocycles. The fraction of sp³-hybridized carbons (Fsp3) is 0.267. The van der Waals surface area contributed by atoms with Crippen LogP contribution in [0.2, 0.25) is 0 Å². The summed E-state index contributed by atoms with van der Waals surface area (Å²) in [5.41, 5.74) is 7.63. The Morgan fingerprint density at radius 3 is 2.81 bits per heavy atom. The Bertz CT molecular complexity index is 680. The molecule has 6 heteroatoms. The second-order valence-electron chi connectivity index (χ2n) is 4.48. The van der Waals surface area contributed by atoms with E-state index < -0.39 is 0 Å². The number of rotatable bonds is 5. The monoisotopic (exact) mass is 284 g/mol. The van der Waals surface area contributed by atoms with Crippen LogP contribution < -0.4 is 10.5 Å². The Hall–Kier alpha value is -2.81. The third-order valence-electron chi connectivity index (χ3n) is 3.12. The smallest absolute Gasteiger partial charge is 0.223 e. The molecule has 2 aromatic rings. The van der Waals surface area contributed by atoms with Crippen LogP contribution in [0, 0.1) is 11.3 Å². The molecule has 1 aromatic heterocycles. The molecule has 0 aliphatic rings. The maximum Gasteiger partial charge on any atom is 0.223 e. The first kappa shape index (κ1) is 14.6. The fourth-order valence-corrected chi connectivity index (χ4v) is 2.14. The second kappa shape index (κ2) is 6.57. The van der Waals surface area contributed by atoms with Crippen LogP contribution in [0.5, 0.6) is 11.6 Å². The van der Waals surface area contributed by atoms with Crippen LogP contribution in [0.3, 0.4) is 0 Å². The van der Waals surface area contributed by atoms with Gasteiger partial charge in [0.25, 0.3) is 0 Å². The topological polar surface area (TPSA) is 105 Å². The zero-order chi connectivity index (χ0) is 15.2. The van der Waals surface area contributed by atoms with Crippen LogP contribution in [0.25, 0.3) is 0 Å². The lowest BCUT2D eigenvalue weighted by atomic mass is 10.0. The third kappa shape index (κ3) is 3.39. The van der Waals surface area contributed by atoms with Gasteiger partial charge in [0.1, 0.15) is 5.75 Å². The van der Waals surface area contributed by atoms with E-state index in [1.165, 1.54) is 0 Å². The van der Waals surface area contributed by atoms with Crippen molar-refractivity contribution in [3.8, 4) is 17.7 Å². The van der Waals surface area contributed by atoms with Crippen molar-refractivity contribution in [1.29, 1.82) is 5.26 Å². The fourth-order valence-electron chi connectivity index (χ4n) is 2.14. The number of nitrogen functional groups attached to an aromatic ring is 1. The number of aromatic nitrogens is 2. The first-order valence-electron chi connectivity index (χ1n) is 6.48. The molecule has 0 unspecified atom stereocenters. The van der Waals surface area contributed by atoms with Crippen molar-refractivity contribution in [3.63, 3.8) is 0 Å². The maximum atomic E-state index is 10.0. The molecule has 3 N–H and O–H groups in total. The van der Waals surface area contributed by atoms with Gasteiger partial charge >= 0.3 is 0 Å². The number of anilines is 1. The summed E-state index contributed by atoms with van der Waals surface area (Å²) in [7, 11) is 1.59. The average molecular weight is 284 g/mol. The van der Waals surface area contributed by atoms with E-state index in [9.17, 15) is 5.11 Å². The molecular weight excluding hydrogens is 268 g/mol. The van der Waals surface area contributed by atoms with Crippen molar-refractivity contribution in [3.05, 3.63) is 41.1 Å². The maximum absolute atomic E-state index is 10.0. The molecule has 0 atom stereocenters. The van der Waals surface area contributed by atoms with Crippen LogP contribution in [-0.2, 0) is 12.8 Å². The minimum absolute atomic E-state index is 0.00390. The molecule has 0 saturated carbocycles. The summed E-state index contributed by atoms with van der Waals surface area (Å²) in [6, 6.07) is 9.58. The molecule has 0 aliphatic heterocycles. The molecule has 1 aromatic carbocycles. The van der Waals surface area contributed by atoms with E-state index in [1.807, 2.05) is 24.3 Å². The summed E-state index contributed by atoms with van der Waals surface area (Å²) < 4.78 is 5.30. The Morgan fingerprint density at radius 2 is 2.10 bits per heavy atom. The quantitative estimate of drug-likeness (QED) is 0.867. The number of hydrogen-bond acceptors (Lipinski definition) is 6. The van der Waals surface area contributed by atoms with Gasteiger partial charge in [-0.05, 0) is 11.6 Å². The molecule has 2 rings (SSSR count). The zero-order valence-corrected chi connectivity index (χ0v) is 11.7. The number of nitriles is 1. The highest BCUT2D eigenvalue weighted by Crippen LogP contribution is 2.27. The van der Waals surface area contributed by atoms with Crippen LogP contribution >= 0.6 is 0 Å². The van der Waals surface area contributed by atoms with Crippen LogP contribution in [0.4, 0.5) is 5.95 Å². The largest absolute Gasteiger partial charge is 0.496 e. The number of methoxy groups -OCH3 is 1. The minimum Gasteiger partial charge on any atom is -0.496 e. The van der Waals surface area contributed by atoms with Crippen molar-refractivity contribution in [1.82, 2.24) is 9.97 Å². The molecule has 6 nitrogen and oxygen atoms in total. The summed E-state index contributed by atoms with van der Waals surface area (Å²) >= 11 is 0. The highest BCUT2D eigenvalue weighted by atomic mass is 16.5. The van der Waals surface area contributed by atoms with Gasteiger partial charge in [-0.3, -0.25) is 0 Å². The van der Waals surface area contributed by atoms with Crippen molar-refractivity contribution in [2.75, 3.05) is 12.8 Å². The van der Waals surface area contributed by atoms with Gasteiger partial charge in [0.05, 0.1) is 18.9 Å². The van der Waals surface area contributed by atoms with E-state index in [4.69, 9.17) is 15.7 Å². The number of nitrogens with zero attached hydrogens (tertiary/aromatic N) is 3. The molecular formula is C15H16N4O2. The predicted molar refractivity (Wildman–Crippen MR) is 77.8 cm³/mol. The number of para-hydroxylation sites is 1. The molecule has 108 valence electrons. The van der Waals surface area contributed by atoms with Crippen molar-refractivity contribution in [2.24, 2.45) is 0 Å². The molecule has 0 spiro atoms. The Morgan fingerprint density at radius 1 is 1.33 bits per heavy atom. The van der Waals surface area contributed by atoms with Gasteiger partial charge in [0, 0.05) is 24.8 Å². The van der Waals surface area contributed by atoms with E-state index in [0.29, 0.717) is 30.5 Å². The van der Waals surface area contributed by atoms with Gasteiger partial charge in [-0.1, -0.05) is 18.2 Å². The van der Waals surface area contributed by atoms with Crippen molar-refractivity contribution >= 4 is 5.95 Å². The SMILES string of the molecule is COc1ccccc1Cc1c(O)nc(N)nc1CCC#N. The van der Waals surface area contributed by atoms with E-state index in [-0.39, 0.29) is 11.8 Å². The molecule has 1 heterocycles. The number of nitrogens with two attached hydrogens (primary N) is 1. The first-order valence-corrected chi connectivity index (χ1v) is 6.48. The van der Waals surface area contributed by atoms with Crippen LogP contribution in [0.15, 0.2) is 24.3 Å². The summed E-state index contributed by atoms with van der Waals surface area (Å²) in [6.07, 6.45) is 1.13. The molecule has 0 radical (unpaired) electrons. The predicted octanol–water partition coefficient (Wildman–Crippen LogP) is 1.82. The summed E-state index contributed by atoms with van der Waals surface area (Å²) in [4.78, 5) is 7.93. The normalized spacial score (nSPS) is 10.1. The summed E-state index contributed by atoms with van der Waals surface area (Å²) in [5, 5.41) is 18.8. The minimum atomic E-state index is -0.152. The standard InChI is InChI=1S/C15H16N4O2/c1-21-13-7-3-2-5-10(13)9-11-12(6-4-8-16)18-15(17)19-14(11)20/h2-3,5,7H,4,6,9H2,1H3,(H3,17,18,19,20). The lowest BCUT2D eigenvalue weighted by Gasteiger charge is -2.12. The van der Waals surface area contributed by atoms with Gasteiger partial charge in [-0.2, -0.15) is 10.2 Å². The molecule has 0 aliphatic carbocycles. The highest BCUT2D eigenvalue weighted by Gasteiger charge is 2.15. The number of benzene rings is 1. The van der Waals surface area contributed by atoms with E-state index in [0.717, 1.165) is 11.3 Å². The van der Waals surface area contributed by atoms with Crippen molar-refractivity contribution in [2.45, 2.75) is 19.3 Å². The van der Waals surface area contributed by atoms with Crippen LogP contribution in [-0.4, -0.2) is 22.2 Å². The summed E-state index contributed by atoms with van der Waals surface area (Å²) in [5.74, 6) is 0.575. The number of ether oxygens (including phenoxy) is 1. The van der Waals surface area contributed by atoms with E-state index in [1.54, 1.807) is 7.11 Å². The van der Waals surface area contributed by atoms with Gasteiger partial charge < -0.3 is 15.6 Å². The third-order valence-corrected chi connectivity index (χ3v) is 3.12. The highest BCUT2D eigenvalue weighted by molar-refractivity contribution is 5.43. The van der Waals surface area contributed by atoms with Gasteiger partial charge in [0.15, 0.2) is 0 Å². The first-order chi connectivity index (χ1) is 10.2. The molecule has 0 amide bonds. The lowest BCUT2D eigenvalue weighted by molar-refractivity contribution is 0.409. The Labute approximate surface area is 122 Å². The van der Waals surface area contributed by atoms with E-state index in [2.05, 4.69) is 16.0 Å². The summed E-state index contributed by atoms with van der Waals surface area (Å²) in [6.45, 7) is 0. The second-order valence-corrected chi connectivity index (χ2v) is 4.48. The van der Waals surface area contributed by atoms with Gasteiger partial charge in [0.2, 0.25) is 11.8 Å². The van der Waals surface area contributed by atoms with Gasteiger partial charge in [-0.15, -0.1) is 0 Å². The van der Waals surface area contributed by atoms with Gasteiger partial charge in [-0.25, -0.2) is 4.98 Å². The Kier molecular flexibility index (Phi) is 4.57. The molecule has 21 heavy (non-hydrogen) atoms. The number of aryl methyl sites for hydroxylation is 1. The average Bonchev–Trinajstić information content (AvgIpc) is 2.48. The zero-order valence-electron chi connectivity index (χ0n) is 11.7. The molecule has 0 bridgehead atoms. The lowest BCUT2D eigenvalue weighted by Crippen LogP contribution is -2.06.